The van der Waals surface area contributed by atoms with Crippen LogP contribution in [0, 0.1) is 5.82 Å². The average Bonchev–Trinajstić information content (AvgIpc) is 3.03. The number of carbonyl (C=O) groups is 1. The normalized spacial score (nSPS) is 15.6. The standard InChI is InChI=1S/C22H23FN4O/c1-27(2)13-22(28)26-19-5-3-4-18-17(19)9-11-21(24-18)25-20-10-6-14-12-15(23)7-8-16(14)20/h3-5,7-9,11-12,20H,6,10,13H2,1-2H3,(H,24,25)(H,26,28)/t20-/m1/s1. The summed E-state index contributed by atoms with van der Waals surface area (Å²) in [7, 11) is 3.72. The summed E-state index contributed by atoms with van der Waals surface area (Å²) in [5.74, 6) is 0.521. The fraction of sp³-hybridized carbons (Fsp3) is 0.273. The van der Waals surface area contributed by atoms with Crippen molar-refractivity contribution in [1.29, 1.82) is 0 Å². The molecule has 0 saturated heterocycles. The second-order valence-electron chi connectivity index (χ2n) is 7.43. The third-order valence-corrected chi connectivity index (χ3v) is 4.97. The number of aromatic nitrogens is 1. The summed E-state index contributed by atoms with van der Waals surface area (Å²) in [5.41, 5.74) is 3.76. The number of amides is 1. The Labute approximate surface area is 163 Å². The number of benzene rings is 2. The van der Waals surface area contributed by atoms with Gasteiger partial charge in [0.05, 0.1) is 23.8 Å². The van der Waals surface area contributed by atoms with Gasteiger partial charge in [0.25, 0.3) is 0 Å². The molecule has 3 aromatic rings. The molecule has 0 radical (unpaired) electrons. The van der Waals surface area contributed by atoms with Crippen LogP contribution in [-0.4, -0.2) is 36.4 Å². The maximum absolute atomic E-state index is 13.4. The summed E-state index contributed by atoms with van der Waals surface area (Å²) in [6, 6.07) is 14.7. The fourth-order valence-electron chi connectivity index (χ4n) is 3.74. The van der Waals surface area contributed by atoms with Gasteiger partial charge in [-0.3, -0.25) is 4.79 Å². The highest BCUT2D eigenvalue weighted by Crippen LogP contribution is 2.34. The summed E-state index contributed by atoms with van der Waals surface area (Å²) in [6.45, 7) is 0.325. The number of nitrogens with one attached hydrogen (secondary N) is 2. The number of hydrogen-bond donors (Lipinski definition) is 2. The molecule has 28 heavy (non-hydrogen) atoms. The molecule has 6 heteroatoms. The third-order valence-electron chi connectivity index (χ3n) is 4.97. The molecule has 0 spiro atoms. The predicted octanol–water partition coefficient (Wildman–Crippen LogP) is 3.97. The van der Waals surface area contributed by atoms with E-state index >= 15 is 0 Å². The van der Waals surface area contributed by atoms with Crippen molar-refractivity contribution >= 4 is 28.3 Å². The van der Waals surface area contributed by atoms with Gasteiger partial charge in [-0.2, -0.15) is 0 Å². The number of aryl methyl sites for hydroxylation is 1. The minimum Gasteiger partial charge on any atom is -0.363 e. The van der Waals surface area contributed by atoms with Crippen molar-refractivity contribution in [2.45, 2.75) is 18.9 Å². The van der Waals surface area contributed by atoms with Gasteiger partial charge in [-0.05, 0) is 74.5 Å². The van der Waals surface area contributed by atoms with Gasteiger partial charge in [-0.1, -0.05) is 12.1 Å². The van der Waals surface area contributed by atoms with E-state index < -0.39 is 0 Å². The molecule has 0 saturated carbocycles. The molecule has 4 rings (SSSR count). The van der Waals surface area contributed by atoms with Gasteiger partial charge in [-0.15, -0.1) is 0 Å². The Hall–Kier alpha value is -2.99. The van der Waals surface area contributed by atoms with Crippen LogP contribution in [0.4, 0.5) is 15.9 Å². The molecule has 1 aromatic heterocycles. The Morgan fingerprint density at radius 2 is 2.07 bits per heavy atom. The molecule has 5 nitrogen and oxygen atoms in total. The van der Waals surface area contributed by atoms with E-state index in [1.54, 1.807) is 6.07 Å². The fourth-order valence-corrected chi connectivity index (χ4v) is 3.74. The third kappa shape index (κ3) is 3.82. The van der Waals surface area contributed by atoms with Crippen molar-refractivity contribution in [3.63, 3.8) is 0 Å². The van der Waals surface area contributed by atoms with Gasteiger partial charge in [0.15, 0.2) is 0 Å². The second-order valence-corrected chi connectivity index (χ2v) is 7.43. The van der Waals surface area contributed by atoms with Crippen molar-refractivity contribution < 1.29 is 9.18 Å². The molecular weight excluding hydrogens is 355 g/mol. The SMILES string of the molecule is CN(C)CC(=O)Nc1cccc2nc(N[C@@H]3CCc4cc(F)ccc43)ccc12. The van der Waals surface area contributed by atoms with Crippen LogP contribution in [0.2, 0.25) is 0 Å². The molecule has 0 bridgehead atoms. The minimum atomic E-state index is -0.188. The van der Waals surface area contributed by atoms with Crippen molar-refractivity contribution in [3.8, 4) is 0 Å². The monoisotopic (exact) mass is 378 g/mol. The Bertz CT molecular complexity index is 1030. The summed E-state index contributed by atoms with van der Waals surface area (Å²) in [4.78, 5) is 18.6. The molecule has 144 valence electrons. The molecule has 2 aromatic carbocycles. The molecule has 1 aliphatic carbocycles. The lowest BCUT2D eigenvalue weighted by Gasteiger charge is -2.16. The van der Waals surface area contributed by atoms with Gasteiger partial charge in [-0.25, -0.2) is 9.37 Å². The number of halogens is 1. The van der Waals surface area contributed by atoms with E-state index in [-0.39, 0.29) is 17.8 Å². The first-order valence-electron chi connectivity index (χ1n) is 9.39. The van der Waals surface area contributed by atoms with Gasteiger partial charge in [0, 0.05) is 5.39 Å². The van der Waals surface area contributed by atoms with E-state index in [4.69, 9.17) is 4.98 Å². The lowest BCUT2D eigenvalue weighted by molar-refractivity contribution is -0.116. The predicted molar refractivity (Wildman–Crippen MR) is 110 cm³/mol. The quantitative estimate of drug-likeness (QED) is 0.705. The van der Waals surface area contributed by atoms with E-state index in [1.165, 1.54) is 6.07 Å². The Morgan fingerprint density at radius 3 is 2.89 bits per heavy atom. The smallest absolute Gasteiger partial charge is 0.238 e. The number of hydrogen-bond acceptors (Lipinski definition) is 4. The highest BCUT2D eigenvalue weighted by Gasteiger charge is 2.23. The zero-order valence-electron chi connectivity index (χ0n) is 16.0. The van der Waals surface area contributed by atoms with Crippen LogP contribution < -0.4 is 10.6 Å². The zero-order valence-corrected chi connectivity index (χ0v) is 16.0. The number of carbonyl (C=O) groups excluding carboxylic acids is 1. The van der Waals surface area contributed by atoms with Crippen molar-refractivity contribution in [2.24, 2.45) is 0 Å². The van der Waals surface area contributed by atoms with Crippen LogP contribution in [0.1, 0.15) is 23.6 Å². The van der Waals surface area contributed by atoms with E-state index in [0.29, 0.717) is 6.54 Å². The van der Waals surface area contributed by atoms with E-state index in [1.807, 2.05) is 55.4 Å². The maximum atomic E-state index is 13.4. The molecular formula is C22H23FN4O. The minimum absolute atomic E-state index is 0.0607. The Kier molecular flexibility index (Phi) is 4.96. The van der Waals surface area contributed by atoms with Gasteiger partial charge < -0.3 is 15.5 Å². The highest BCUT2D eigenvalue weighted by molar-refractivity contribution is 6.02. The van der Waals surface area contributed by atoms with Crippen LogP contribution in [0.3, 0.4) is 0 Å². The average molecular weight is 378 g/mol. The summed E-state index contributed by atoms with van der Waals surface area (Å²) < 4.78 is 13.4. The van der Waals surface area contributed by atoms with E-state index in [9.17, 15) is 9.18 Å². The second kappa shape index (κ2) is 7.56. The van der Waals surface area contributed by atoms with Gasteiger partial charge in [0.1, 0.15) is 11.6 Å². The summed E-state index contributed by atoms with van der Waals surface area (Å²) >= 11 is 0. The van der Waals surface area contributed by atoms with Gasteiger partial charge >= 0.3 is 0 Å². The van der Waals surface area contributed by atoms with Crippen LogP contribution in [0.5, 0.6) is 0 Å². The van der Waals surface area contributed by atoms with E-state index in [0.717, 1.165) is 46.4 Å². The molecule has 0 aliphatic heterocycles. The van der Waals surface area contributed by atoms with Crippen LogP contribution in [-0.2, 0) is 11.2 Å². The number of anilines is 2. The number of likely N-dealkylation sites (N-methyl/N-ethyl adjacent to an activating group) is 1. The van der Waals surface area contributed by atoms with Gasteiger partial charge in [0.2, 0.25) is 5.91 Å². The molecule has 2 N–H and O–H groups in total. The molecule has 0 fully saturated rings. The largest absolute Gasteiger partial charge is 0.363 e. The Morgan fingerprint density at radius 1 is 1.21 bits per heavy atom. The zero-order chi connectivity index (χ0) is 19.7. The molecule has 1 aliphatic rings. The number of fused-ring (bicyclic) bond motifs is 2. The van der Waals surface area contributed by atoms with Crippen molar-refractivity contribution in [3.05, 3.63) is 65.5 Å². The first-order chi connectivity index (χ1) is 13.5. The van der Waals surface area contributed by atoms with Crippen molar-refractivity contribution in [2.75, 3.05) is 31.3 Å². The first kappa shape index (κ1) is 18.4. The highest BCUT2D eigenvalue weighted by atomic mass is 19.1. The van der Waals surface area contributed by atoms with E-state index in [2.05, 4.69) is 10.6 Å². The lowest BCUT2D eigenvalue weighted by atomic mass is 10.1. The summed E-state index contributed by atoms with van der Waals surface area (Å²) in [5, 5.41) is 7.32. The molecule has 1 amide bonds. The number of pyridine rings is 1. The summed E-state index contributed by atoms with van der Waals surface area (Å²) in [6.07, 6.45) is 1.78. The van der Waals surface area contributed by atoms with Crippen LogP contribution in [0.15, 0.2) is 48.5 Å². The Balaban J connectivity index is 1.55. The molecule has 1 heterocycles. The van der Waals surface area contributed by atoms with Crippen LogP contribution >= 0.6 is 0 Å². The first-order valence-corrected chi connectivity index (χ1v) is 9.39. The van der Waals surface area contributed by atoms with Crippen molar-refractivity contribution in [1.82, 2.24) is 9.88 Å². The maximum Gasteiger partial charge on any atom is 0.238 e. The number of nitrogens with zero attached hydrogens (tertiary/aromatic N) is 2. The number of rotatable bonds is 5. The lowest BCUT2D eigenvalue weighted by Crippen LogP contribution is -2.27. The molecule has 1 atom stereocenters. The molecule has 0 unspecified atom stereocenters. The van der Waals surface area contributed by atoms with Crippen LogP contribution in [0.25, 0.3) is 10.9 Å². The topological polar surface area (TPSA) is 57.3 Å².